The van der Waals surface area contributed by atoms with Crippen molar-refractivity contribution in [1.82, 2.24) is 0 Å². The van der Waals surface area contributed by atoms with E-state index in [-0.39, 0.29) is 11.5 Å². The highest BCUT2D eigenvalue weighted by atomic mass is 32.2. The summed E-state index contributed by atoms with van der Waals surface area (Å²) in [6.45, 7) is -0.512. The molecule has 0 fully saturated rings. The SMILES string of the molecule is O=C(O)C1=C(COc2ccccc2O)S(=O)(=O)N=C1. The third-order valence-corrected chi connectivity index (χ3v) is 3.73. The van der Waals surface area contributed by atoms with Crippen molar-refractivity contribution >= 4 is 22.2 Å². The normalized spacial score (nSPS) is 16.6. The van der Waals surface area contributed by atoms with Crippen LogP contribution in [0.2, 0.25) is 0 Å². The lowest BCUT2D eigenvalue weighted by Gasteiger charge is -2.08. The fourth-order valence-electron chi connectivity index (χ4n) is 1.45. The minimum atomic E-state index is -4.00. The van der Waals surface area contributed by atoms with E-state index in [1.807, 2.05) is 0 Å². The van der Waals surface area contributed by atoms with Gasteiger partial charge in [0.25, 0.3) is 10.0 Å². The van der Waals surface area contributed by atoms with Crippen LogP contribution >= 0.6 is 0 Å². The van der Waals surface area contributed by atoms with Crippen LogP contribution in [0.1, 0.15) is 0 Å². The number of ether oxygens (including phenoxy) is 1. The summed E-state index contributed by atoms with van der Waals surface area (Å²) in [6, 6.07) is 5.95. The predicted octanol–water partition coefficient (Wildman–Crippen LogP) is 0.524. The molecule has 0 atom stereocenters. The first-order chi connectivity index (χ1) is 8.92. The van der Waals surface area contributed by atoms with E-state index in [0.717, 1.165) is 6.21 Å². The van der Waals surface area contributed by atoms with Crippen molar-refractivity contribution in [3.05, 3.63) is 34.7 Å². The largest absolute Gasteiger partial charge is 0.504 e. The maximum atomic E-state index is 11.5. The zero-order chi connectivity index (χ0) is 14.0. The molecule has 2 rings (SSSR count). The van der Waals surface area contributed by atoms with Gasteiger partial charge in [0, 0.05) is 0 Å². The van der Waals surface area contributed by atoms with Crippen LogP contribution in [0.25, 0.3) is 0 Å². The molecule has 0 aromatic heterocycles. The van der Waals surface area contributed by atoms with Crippen LogP contribution in [0, 0.1) is 0 Å². The maximum Gasteiger partial charge on any atom is 0.338 e. The van der Waals surface area contributed by atoms with Gasteiger partial charge in [-0.15, -0.1) is 0 Å². The lowest BCUT2D eigenvalue weighted by molar-refractivity contribution is -0.132. The van der Waals surface area contributed by atoms with Crippen LogP contribution in [0.4, 0.5) is 0 Å². The van der Waals surface area contributed by atoms with Crippen LogP contribution in [0.3, 0.4) is 0 Å². The van der Waals surface area contributed by atoms with E-state index in [9.17, 15) is 18.3 Å². The first kappa shape index (κ1) is 13.1. The van der Waals surface area contributed by atoms with Gasteiger partial charge >= 0.3 is 5.97 Å². The molecule has 1 aliphatic rings. The fraction of sp³-hybridized carbons (Fsp3) is 0.0909. The van der Waals surface area contributed by atoms with Crippen molar-refractivity contribution in [2.45, 2.75) is 0 Å². The number of hydrogen-bond acceptors (Lipinski definition) is 5. The predicted molar refractivity (Wildman–Crippen MR) is 65.7 cm³/mol. The Balaban J connectivity index is 2.26. The van der Waals surface area contributed by atoms with E-state index in [0.29, 0.717) is 0 Å². The molecule has 19 heavy (non-hydrogen) atoms. The van der Waals surface area contributed by atoms with Gasteiger partial charge in [-0.2, -0.15) is 12.8 Å². The van der Waals surface area contributed by atoms with Crippen LogP contribution in [-0.2, 0) is 14.8 Å². The number of benzene rings is 1. The highest BCUT2D eigenvalue weighted by Crippen LogP contribution is 2.27. The van der Waals surface area contributed by atoms with Crippen molar-refractivity contribution in [2.75, 3.05) is 6.61 Å². The summed E-state index contributed by atoms with van der Waals surface area (Å²) in [5, 5.41) is 18.3. The molecule has 0 saturated heterocycles. The minimum Gasteiger partial charge on any atom is -0.504 e. The van der Waals surface area contributed by atoms with Crippen LogP contribution in [0.5, 0.6) is 11.5 Å². The van der Waals surface area contributed by atoms with Gasteiger partial charge in [0.2, 0.25) is 0 Å². The Bertz CT molecular complexity index is 689. The van der Waals surface area contributed by atoms with E-state index in [4.69, 9.17) is 9.84 Å². The number of rotatable bonds is 4. The standard InChI is InChI=1S/C11H9NO6S/c13-8-3-1-2-4-9(8)18-6-10-7(11(14)15)5-12-19(10,16)17/h1-5,13H,6H2,(H,14,15). The highest BCUT2D eigenvalue weighted by Gasteiger charge is 2.30. The zero-order valence-electron chi connectivity index (χ0n) is 9.48. The summed E-state index contributed by atoms with van der Waals surface area (Å²) in [4.78, 5) is 10.4. The van der Waals surface area contributed by atoms with Gasteiger partial charge in [0.1, 0.15) is 11.5 Å². The number of carbonyl (C=O) groups is 1. The number of carboxylic acids is 1. The van der Waals surface area contributed by atoms with Crippen molar-refractivity contribution in [3.63, 3.8) is 0 Å². The van der Waals surface area contributed by atoms with Crippen molar-refractivity contribution in [3.8, 4) is 11.5 Å². The summed E-state index contributed by atoms with van der Waals surface area (Å²) < 4.78 is 31.3. The van der Waals surface area contributed by atoms with E-state index in [1.165, 1.54) is 12.1 Å². The van der Waals surface area contributed by atoms with E-state index in [2.05, 4.69) is 4.40 Å². The molecule has 0 radical (unpaired) electrons. The molecule has 0 bridgehead atoms. The topological polar surface area (TPSA) is 113 Å². The highest BCUT2D eigenvalue weighted by molar-refractivity contribution is 7.94. The molecule has 1 heterocycles. The second-order valence-corrected chi connectivity index (χ2v) is 5.26. The summed E-state index contributed by atoms with van der Waals surface area (Å²) in [7, 11) is -4.00. The molecule has 0 amide bonds. The zero-order valence-corrected chi connectivity index (χ0v) is 10.3. The molecule has 1 aliphatic heterocycles. The number of phenolic OH excluding ortho intramolecular Hbond substituents is 1. The third kappa shape index (κ3) is 2.58. The van der Waals surface area contributed by atoms with Gasteiger partial charge in [-0.3, -0.25) is 0 Å². The molecule has 0 unspecified atom stereocenters. The Kier molecular flexibility index (Phi) is 3.26. The Labute approximate surface area is 108 Å². The smallest absolute Gasteiger partial charge is 0.338 e. The molecule has 1 aromatic carbocycles. The Hall–Kier alpha value is -2.35. The van der Waals surface area contributed by atoms with E-state index < -0.39 is 33.1 Å². The maximum absolute atomic E-state index is 11.5. The van der Waals surface area contributed by atoms with Crippen molar-refractivity contribution < 1.29 is 28.2 Å². The fourth-order valence-corrected chi connectivity index (χ4v) is 2.44. The van der Waals surface area contributed by atoms with Gasteiger partial charge in [0.05, 0.1) is 11.8 Å². The molecule has 2 N–H and O–H groups in total. The van der Waals surface area contributed by atoms with Gasteiger partial charge in [-0.1, -0.05) is 12.1 Å². The molecule has 1 aromatic rings. The van der Waals surface area contributed by atoms with Gasteiger partial charge in [-0.05, 0) is 12.1 Å². The minimum absolute atomic E-state index is 0.0573. The molecule has 0 saturated carbocycles. The lowest BCUT2D eigenvalue weighted by atomic mass is 10.3. The van der Waals surface area contributed by atoms with Gasteiger partial charge in [-0.25, -0.2) is 4.79 Å². The quantitative estimate of drug-likeness (QED) is 0.833. The first-order valence-electron chi connectivity index (χ1n) is 5.09. The third-order valence-electron chi connectivity index (χ3n) is 2.39. The first-order valence-corrected chi connectivity index (χ1v) is 6.53. The second kappa shape index (κ2) is 4.73. The monoisotopic (exact) mass is 283 g/mol. The molecular weight excluding hydrogens is 274 g/mol. The average molecular weight is 283 g/mol. The Morgan fingerprint density at radius 2 is 2.00 bits per heavy atom. The Morgan fingerprint density at radius 3 is 2.63 bits per heavy atom. The van der Waals surface area contributed by atoms with E-state index in [1.54, 1.807) is 12.1 Å². The summed E-state index contributed by atoms with van der Waals surface area (Å²) >= 11 is 0. The summed E-state index contributed by atoms with van der Waals surface area (Å²) in [6.07, 6.45) is 0.765. The number of phenols is 1. The molecular formula is C11H9NO6S. The molecule has 0 spiro atoms. The summed E-state index contributed by atoms with van der Waals surface area (Å²) in [5.74, 6) is -1.51. The van der Waals surface area contributed by atoms with Crippen molar-refractivity contribution in [1.29, 1.82) is 0 Å². The van der Waals surface area contributed by atoms with Gasteiger partial charge in [0.15, 0.2) is 11.5 Å². The number of sulfonamides is 1. The summed E-state index contributed by atoms with van der Waals surface area (Å²) in [5.41, 5.74) is -0.435. The molecule has 100 valence electrons. The average Bonchev–Trinajstić information content (AvgIpc) is 2.64. The van der Waals surface area contributed by atoms with Crippen LogP contribution in [0.15, 0.2) is 39.1 Å². The number of nitrogens with zero attached hydrogens (tertiary/aromatic N) is 1. The van der Waals surface area contributed by atoms with Crippen LogP contribution in [-0.4, -0.2) is 37.4 Å². The molecule has 0 aliphatic carbocycles. The second-order valence-electron chi connectivity index (χ2n) is 3.61. The van der Waals surface area contributed by atoms with Gasteiger partial charge < -0.3 is 14.9 Å². The van der Waals surface area contributed by atoms with E-state index >= 15 is 0 Å². The van der Waals surface area contributed by atoms with Crippen molar-refractivity contribution in [2.24, 2.45) is 4.40 Å². The number of aromatic hydroxyl groups is 1. The number of carboxylic acid groups (broad SMARTS) is 1. The number of para-hydroxylation sites is 2. The number of hydrogen-bond donors (Lipinski definition) is 2. The Morgan fingerprint density at radius 1 is 1.32 bits per heavy atom. The lowest BCUT2D eigenvalue weighted by Crippen LogP contribution is -2.12. The number of aliphatic carboxylic acids is 1. The molecule has 8 heteroatoms. The molecule has 7 nitrogen and oxygen atoms in total. The van der Waals surface area contributed by atoms with Crippen LogP contribution < -0.4 is 4.74 Å².